The Morgan fingerprint density at radius 2 is 1.27 bits per heavy atom. The van der Waals surface area contributed by atoms with Crippen LogP contribution in [0, 0.1) is 0 Å². The molecule has 0 bridgehead atoms. The third-order valence-electron chi connectivity index (χ3n) is 14.1. The highest BCUT2D eigenvalue weighted by atomic mass is 32.1. The van der Waals surface area contributed by atoms with Crippen LogP contribution in [-0.4, -0.2) is 11.3 Å². The van der Waals surface area contributed by atoms with E-state index in [2.05, 4.69) is 223 Å². The summed E-state index contributed by atoms with van der Waals surface area (Å²) in [7, 11) is 2.19. The first-order valence-corrected chi connectivity index (χ1v) is 23.7. The fourth-order valence-electron chi connectivity index (χ4n) is 10.5. The van der Waals surface area contributed by atoms with Gasteiger partial charge in [0.15, 0.2) is 0 Å². The van der Waals surface area contributed by atoms with Gasteiger partial charge in [0.1, 0.15) is 0 Å². The molecule has 7 aromatic carbocycles. The molecule has 5 heteroatoms. The van der Waals surface area contributed by atoms with Crippen LogP contribution in [0.5, 0.6) is 0 Å². The smallest absolute Gasteiger partial charge is 0.264 e. The lowest BCUT2D eigenvalue weighted by Gasteiger charge is -2.43. The molecular weight excluding hydrogens is 782 g/mol. The minimum Gasteiger partial charge on any atom is -0.344 e. The number of hydrogen-bond donors (Lipinski definition) is 0. The molecule has 0 spiro atoms. The first-order chi connectivity index (χ1) is 30.2. The maximum absolute atomic E-state index is 2.61. The van der Waals surface area contributed by atoms with E-state index in [0.29, 0.717) is 5.92 Å². The molecule has 0 atom stereocenters. The van der Waals surface area contributed by atoms with Crippen molar-refractivity contribution in [3.05, 3.63) is 162 Å². The molecule has 0 unspecified atom stereocenters. The maximum Gasteiger partial charge on any atom is 0.264 e. The predicted molar refractivity (Wildman–Crippen MR) is 276 cm³/mol. The highest BCUT2D eigenvalue weighted by molar-refractivity contribution is 7.33. The number of benzene rings is 7. The Hall–Kier alpha value is -6.04. The Kier molecular flexibility index (Phi) is 8.99. The Morgan fingerprint density at radius 3 is 2.00 bits per heavy atom. The molecule has 0 saturated carbocycles. The van der Waals surface area contributed by atoms with E-state index in [0.717, 1.165) is 6.42 Å². The van der Waals surface area contributed by atoms with Gasteiger partial charge >= 0.3 is 0 Å². The zero-order valence-corrected chi connectivity index (χ0v) is 39.2. The van der Waals surface area contributed by atoms with Crippen LogP contribution in [0.2, 0.25) is 0 Å². The summed E-state index contributed by atoms with van der Waals surface area (Å²) in [6, 6.07) is 54.2. The van der Waals surface area contributed by atoms with Crippen LogP contribution < -0.4 is 25.5 Å². The molecule has 3 nitrogen and oxygen atoms in total. The van der Waals surface area contributed by atoms with Gasteiger partial charge in [0.05, 0.1) is 11.4 Å². The van der Waals surface area contributed by atoms with Crippen LogP contribution in [0.25, 0.3) is 43.0 Å². The molecule has 9 aromatic rings. The number of aryl methyl sites for hydroxylation is 2. The summed E-state index contributed by atoms with van der Waals surface area (Å²) < 4.78 is 5.09. The Labute approximate surface area is 377 Å². The zero-order chi connectivity index (χ0) is 43.7. The number of fused-ring (bicyclic) bond motifs is 9. The highest BCUT2D eigenvalue weighted by Crippen LogP contribution is 2.50. The summed E-state index contributed by atoms with van der Waals surface area (Å²) in [6.07, 6.45) is 0.980. The minimum atomic E-state index is -0.0281. The predicted octanol–water partition coefficient (Wildman–Crippen LogP) is 14.6. The van der Waals surface area contributed by atoms with Crippen molar-refractivity contribution < 1.29 is 0 Å². The number of anilines is 6. The molecule has 0 aliphatic carbocycles. The van der Waals surface area contributed by atoms with Gasteiger partial charge in [-0.25, -0.2) is 0 Å². The van der Waals surface area contributed by atoms with Gasteiger partial charge in [-0.3, -0.25) is 0 Å². The van der Waals surface area contributed by atoms with Gasteiger partial charge in [-0.15, -0.1) is 11.3 Å². The van der Waals surface area contributed by atoms with Crippen molar-refractivity contribution in [3.63, 3.8) is 0 Å². The normalized spacial score (nSPS) is 13.7. The largest absolute Gasteiger partial charge is 0.344 e. The standard InChI is InChI=1S/C58H56BN3S/c1-11-36-19-27-50-46(31-36)59-54-51(61(41-25-20-37(21-26-41)35(2)3)55-45-34-40(58(7,8)9)24-30-53(45)63-56(55)59)17-14-18-52(54)62(50)49-29-23-39(57(4,5)6)33-43(49)38-22-28-48-44(32-38)42-15-12-13-16-47(42)60(48)10/h12-35H,11H2,1-10H3. The van der Waals surface area contributed by atoms with E-state index in [9.17, 15) is 0 Å². The van der Waals surface area contributed by atoms with Crippen LogP contribution in [-0.2, 0) is 24.3 Å². The Bertz CT molecular complexity index is 3300. The van der Waals surface area contributed by atoms with Crippen LogP contribution in [0.1, 0.15) is 90.5 Å². The molecule has 4 heterocycles. The van der Waals surface area contributed by atoms with Gasteiger partial charge in [-0.05, 0) is 135 Å². The van der Waals surface area contributed by atoms with Gasteiger partial charge in [-0.2, -0.15) is 0 Å². The number of thiophene rings is 1. The fourth-order valence-corrected chi connectivity index (χ4v) is 11.8. The number of para-hydroxylation sites is 1. The third-order valence-corrected chi connectivity index (χ3v) is 15.3. The van der Waals surface area contributed by atoms with Crippen LogP contribution in [0.15, 0.2) is 140 Å². The number of hydrogen-bond acceptors (Lipinski definition) is 3. The van der Waals surface area contributed by atoms with E-state index in [1.807, 2.05) is 11.3 Å². The summed E-state index contributed by atoms with van der Waals surface area (Å²) in [4.78, 5) is 5.21. The summed E-state index contributed by atoms with van der Waals surface area (Å²) in [6.45, 7) is 20.9. The monoisotopic (exact) mass is 837 g/mol. The quantitative estimate of drug-likeness (QED) is 0.160. The van der Waals surface area contributed by atoms with Crippen LogP contribution in [0.3, 0.4) is 0 Å². The average molecular weight is 838 g/mol. The molecule has 0 radical (unpaired) electrons. The number of nitrogens with zero attached hydrogens (tertiary/aromatic N) is 3. The lowest BCUT2D eigenvalue weighted by Crippen LogP contribution is -2.60. The van der Waals surface area contributed by atoms with Gasteiger partial charge in [-0.1, -0.05) is 129 Å². The first kappa shape index (κ1) is 39.8. The molecule has 2 aliphatic heterocycles. The minimum absolute atomic E-state index is 0.0266. The molecular formula is C58H56BN3S. The molecule has 0 fully saturated rings. The van der Waals surface area contributed by atoms with Gasteiger partial charge < -0.3 is 14.4 Å². The Morgan fingerprint density at radius 1 is 0.587 bits per heavy atom. The molecule has 2 aliphatic rings. The second kappa shape index (κ2) is 14.2. The van der Waals surface area contributed by atoms with Crippen LogP contribution >= 0.6 is 11.3 Å². The van der Waals surface area contributed by atoms with E-state index >= 15 is 0 Å². The second-order valence-electron chi connectivity index (χ2n) is 20.4. The van der Waals surface area contributed by atoms with Crippen molar-refractivity contribution >= 4 is 99.8 Å². The topological polar surface area (TPSA) is 11.4 Å². The van der Waals surface area contributed by atoms with Crippen molar-refractivity contribution in [2.45, 2.75) is 85.5 Å². The Balaban J connectivity index is 1.21. The molecule has 63 heavy (non-hydrogen) atoms. The number of aromatic nitrogens is 1. The van der Waals surface area contributed by atoms with Gasteiger partial charge in [0.25, 0.3) is 6.71 Å². The van der Waals surface area contributed by atoms with E-state index in [1.165, 1.54) is 115 Å². The lowest BCUT2D eigenvalue weighted by atomic mass is 9.36. The first-order valence-electron chi connectivity index (χ1n) is 22.9. The summed E-state index contributed by atoms with van der Waals surface area (Å²) >= 11 is 1.98. The van der Waals surface area contributed by atoms with E-state index in [4.69, 9.17) is 0 Å². The van der Waals surface area contributed by atoms with Gasteiger partial charge in [0.2, 0.25) is 0 Å². The molecule has 2 aromatic heterocycles. The number of rotatable bonds is 5. The summed E-state index contributed by atoms with van der Waals surface area (Å²) in [5.74, 6) is 0.458. The van der Waals surface area contributed by atoms with Crippen molar-refractivity contribution in [3.8, 4) is 11.1 Å². The summed E-state index contributed by atoms with van der Waals surface area (Å²) in [5, 5.41) is 3.91. The van der Waals surface area contributed by atoms with Crippen molar-refractivity contribution in [2.24, 2.45) is 7.05 Å². The SMILES string of the molecule is CCc1ccc2c(c1)B1c3sc4ccc(C(C)(C)C)cc4c3N(c3ccc(C(C)C)cc3)c3cccc(c31)N2c1ccc(C(C)(C)C)cc1-c1ccc2c(c1)c1ccccc1n2C. The highest BCUT2D eigenvalue weighted by Gasteiger charge is 2.45. The summed E-state index contributed by atoms with van der Waals surface area (Å²) in [5.41, 5.74) is 20.6. The average Bonchev–Trinajstić information content (AvgIpc) is 3.79. The zero-order valence-electron chi connectivity index (χ0n) is 38.4. The van der Waals surface area contributed by atoms with Crippen molar-refractivity contribution in [2.75, 3.05) is 9.80 Å². The lowest BCUT2D eigenvalue weighted by molar-refractivity contribution is 0.590. The molecule has 0 N–H and O–H groups in total. The van der Waals surface area contributed by atoms with Gasteiger partial charge in [0, 0.05) is 72.0 Å². The van der Waals surface area contributed by atoms with E-state index in [1.54, 1.807) is 0 Å². The molecule has 0 amide bonds. The van der Waals surface area contributed by atoms with Crippen molar-refractivity contribution in [1.82, 2.24) is 4.57 Å². The molecule has 312 valence electrons. The second-order valence-corrected chi connectivity index (χ2v) is 21.5. The van der Waals surface area contributed by atoms with E-state index in [-0.39, 0.29) is 17.5 Å². The van der Waals surface area contributed by atoms with Crippen LogP contribution in [0.4, 0.5) is 34.1 Å². The molecule has 0 saturated heterocycles. The third kappa shape index (κ3) is 6.14. The maximum atomic E-state index is 2.61. The fraction of sp³-hybridized carbons (Fsp3) is 0.241. The van der Waals surface area contributed by atoms with E-state index < -0.39 is 0 Å². The molecule has 11 rings (SSSR count). The van der Waals surface area contributed by atoms with Crippen molar-refractivity contribution in [1.29, 1.82) is 0 Å².